The lowest BCUT2D eigenvalue weighted by molar-refractivity contribution is -0.137. The molecular weight excluding hydrogens is 310 g/mol. The van der Waals surface area contributed by atoms with E-state index in [1.807, 2.05) is 0 Å². The summed E-state index contributed by atoms with van der Waals surface area (Å²) in [7, 11) is 0. The SMILES string of the molecule is CCN(CC1CCN(Cc2ccccc2)C1)C(=O)[C@H]1CCN[C@@H](C)C1. The molecule has 2 aliphatic heterocycles. The van der Waals surface area contributed by atoms with Crippen LogP contribution in [0.1, 0.15) is 38.7 Å². The zero-order valence-electron chi connectivity index (χ0n) is 15.8. The van der Waals surface area contributed by atoms with E-state index in [-0.39, 0.29) is 5.92 Å². The number of hydrogen-bond acceptors (Lipinski definition) is 3. The van der Waals surface area contributed by atoms with Crippen molar-refractivity contribution in [3.63, 3.8) is 0 Å². The number of nitrogens with zero attached hydrogens (tertiary/aromatic N) is 2. The third-order valence-corrected chi connectivity index (χ3v) is 5.76. The monoisotopic (exact) mass is 343 g/mol. The van der Waals surface area contributed by atoms with Crippen LogP contribution in [0.2, 0.25) is 0 Å². The molecule has 1 aromatic carbocycles. The van der Waals surface area contributed by atoms with E-state index >= 15 is 0 Å². The lowest BCUT2D eigenvalue weighted by Gasteiger charge is -2.33. The maximum Gasteiger partial charge on any atom is 0.225 e. The summed E-state index contributed by atoms with van der Waals surface area (Å²) in [6, 6.07) is 11.2. The molecule has 2 saturated heterocycles. The Morgan fingerprint density at radius 1 is 1.28 bits per heavy atom. The van der Waals surface area contributed by atoms with Crippen LogP contribution in [0.4, 0.5) is 0 Å². The number of amides is 1. The van der Waals surface area contributed by atoms with E-state index in [1.165, 1.54) is 12.0 Å². The second-order valence-electron chi connectivity index (χ2n) is 7.83. The number of piperidine rings is 1. The van der Waals surface area contributed by atoms with Crippen molar-refractivity contribution in [2.24, 2.45) is 11.8 Å². The van der Waals surface area contributed by atoms with Crippen LogP contribution in [0.3, 0.4) is 0 Å². The zero-order valence-corrected chi connectivity index (χ0v) is 15.8. The molecule has 3 rings (SSSR count). The van der Waals surface area contributed by atoms with Gasteiger partial charge in [0.25, 0.3) is 0 Å². The molecule has 4 heteroatoms. The Morgan fingerprint density at radius 2 is 2.08 bits per heavy atom. The summed E-state index contributed by atoms with van der Waals surface area (Å²) in [5.41, 5.74) is 1.38. The van der Waals surface area contributed by atoms with Crippen molar-refractivity contribution >= 4 is 5.91 Å². The third kappa shape index (κ3) is 5.05. The highest BCUT2D eigenvalue weighted by molar-refractivity contribution is 5.79. The molecule has 1 aromatic rings. The summed E-state index contributed by atoms with van der Waals surface area (Å²) in [4.78, 5) is 17.6. The molecule has 1 N–H and O–H groups in total. The molecule has 4 nitrogen and oxygen atoms in total. The molecule has 138 valence electrons. The first-order valence-corrected chi connectivity index (χ1v) is 9.94. The van der Waals surface area contributed by atoms with Gasteiger partial charge in [-0.2, -0.15) is 0 Å². The van der Waals surface area contributed by atoms with Crippen LogP contribution >= 0.6 is 0 Å². The van der Waals surface area contributed by atoms with Crippen molar-refractivity contribution in [1.29, 1.82) is 0 Å². The minimum atomic E-state index is 0.220. The topological polar surface area (TPSA) is 35.6 Å². The highest BCUT2D eigenvalue weighted by Gasteiger charge is 2.31. The van der Waals surface area contributed by atoms with Crippen molar-refractivity contribution in [3.8, 4) is 0 Å². The quantitative estimate of drug-likeness (QED) is 0.863. The minimum Gasteiger partial charge on any atom is -0.342 e. The summed E-state index contributed by atoms with van der Waals surface area (Å²) < 4.78 is 0. The number of likely N-dealkylation sites (tertiary alicyclic amines) is 1. The first kappa shape index (κ1) is 18.4. The van der Waals surface area contributed by atoms with Gasteiger partial charge in [-0.05, 0) is 57.7 Å². The molecule has 0 radical (unpaired) electrons. The maximum absolute atomic E-state index is 12.9. The molecule has 0 spiro atoms. The second kappa shape index (κ2) is 8.81. The van der Waals surface area contributed by atoms with Crippen molar-refractivity contribution in [2.45, 2.75) is 45.7 Å². The van der Waals surface area contributed by atoms with E-state index in [0.717, 1.165) is 52.1 Å². The van der Waals surface area contributed by atoms with Crippen molar-refractivity contribution in [3.05, 3.63) is 35.9 Å². The van der Waals surface area contributed by atoms with Gasteiger partial charge in [0.15, 0.2) is 0 Å². The van der Waals surface area contributed by atoms with Crippen LogP contribution in [-0.4, -0.2) is 54.5 Å². The van der Waals surface area contributed by atoms with Gasteiger partial charge in [-0.1, -0.05) is 30.3 Å². The molecule has 0 bridgehead atoms. The molecule has 0 aliphatic carbocycles. The van der Waals surface area contributed by atoms with Crippen LogP contribution in [0.15, 0.2) is 30.3 Å². The minimum absolute atomic E-state index is 0.220. The number of rotatable bonds is 6. The molecule has 0 aromatic heterocycles. The van der Waals surface area contributed by atoms with Gasteiger partial charge in [0, 0.05) is 38.1 Å². The molecule has 2 heterocycles. The second-order valence-corrected chi connectivity index (χ2v) is 7.83. The highest BCUT2D eigenvalue weighted by atomic mass is 16.2. The Labute approximate surface area is 152 Å². The Kier molecular flexibility index (Phi) is 6.49. The standard InChI is InChI=1S/C21H33N3O/c1-3-24(21(25)20-9-11-22-17(2)13-20)16-19-10-12-23(15-19)14-18-7-5-4-6-8-18/h4-8,17,19-20,22H,3,9-16H2,1-2H3/t17-,19?,20-/m0/s1. The predicted octanol–water partition coefficient (Wildman–Crippen LogP) is 2.75. The fraction of sp³-hybridized carbons (Fsp3) is 0.667. The van der Waals surface area contributed by atoms with E-state index in [1.54, 1.807) is 0 Å². The number of benzene rings is 1. The van der Waals surface area contributed by atoms with Gasteiger partial charge < -0.3 is 10.2 Å². The molecular formula is C21H33N3O. The van der Waals surface area contributed by atoms with Crippen molar-refractivity contribution in [1.82, 2.24) is 15.1 Å². The molecule has 25 heavy (non-hydrogen) atoms. The smallest absolute Gasteiger partial charge is 0.225 e. The Bertz CT molecular complexity index is 547. The summed E-state index contributed by atoms with van der Waals surface area (Å²) >= 11 is 0. The van der Waals surface area contributed by atoms with Gasteiger partial charge in [-0.15, -0.1) is 0 Å². The van der Waals surface area contributed by atoms with Crippen LogP contribution in [0.25, 0.3) is 0 Å². The lowest BCUT2D eigenvalue weighted by atomic mass is 9.91. The number of carbonyl (C=O) groups is 1. The number of hydrogen-bond donors (Lipinski definition) is 1. The van der Waals surface area contributed by atoms with E-state index in [2.05, 4.69) is 59.3 Å². The van der Waals surface area contributed by atoms with E-state index < -0.39 is 0 Å². The average molecular weight is 344 g/mol. The molecule has 1 amide bonds. The van der Waals surface area contributed by atoms with Crippen LogP contribution in [0, 0.1) is 11.8 Å². The molecule has 2 aliphatic rings. The fourth-order valence-corrected chi connectivity index (χ4v) is 4.35. The lowest BCUT2D eigenvalue weighted by Crippen LogP contribution is -2.45. The van der Waals surface area contributed by atoms with Gasteiger partial charge in [0.05, 0.1) is 0 Å². The zero-order chi connectivity index (χ0) is 17.6. The van der Waals surface area contributed by atoms with Crippen molar-refractivity contribution in [2.75, 3.05) is 32.7 Å². The first-order valence-electron chi connectivity index (χ1n) is 9.94. The highest BCUT2D eigenvalue weighted by Crippen LogP contribution is 2.23. The molecule has 0 saturated carbocycles. The molecule has 3 atom stereocenters. The predicted molar refractivity (Wildman–Crippen MR) is 102 cm³/mol. The largest absolute Gasteiger partial charge is 0.342 e. The summed E-state index contributed by atoms with van der Waals surface area (Å²) in [5.74, 6) is 1.22. The first-order chi connectivity index (χ1) is 12.2. The summed E-state index contributed by atoms with van der Waals surface area (Å²) in [6.45, 7) is 10.3. The van der Waals surface area contributed by atoms with E-state index in [4.69, 9.17) is 0 Å². The molecule has 2 fully saturated rings. The summed E-state index contributed by atoms with van der Waals surface area (Å²) in [5, 5.41) is 3.45. The van der Waals surface area contributed by atoms with Crippen LogP contribution < -0.4 is 5.32 Å². The van der Waals surface area contributed by atoms with Gasteiger partial charge in [-0.3, -0.25) is 9.69 Å². The Hall–Kier alpha value is -1.39. The van der Waals surface area contributed by atoms with Gasteiger partial charge in [0.1, 0.15) is 0 Å². The normalized spacial score (nSPS) is 27.4. The van der Waals surface area contributed by atoms with Gasteiger partial charge >= 0.3 is 0 Å². The van der Waals surface area contributed by atoms with E-state index in [9.17, 15) is 4.79 Å². The van der Waals surface area contributed by atoms with Crippen LogP contribution in [-0.2, 0) is 11.3 Å². The molecule has 1 unspecified atom stereocenters. The Balaban J connectivity index is 1.49. The summed E-state index contributed by atoms with van der Waals surface area (Å²) in [6.07, 6.45) is 3.18. The van der Waals surface area contributed by atoms with Crippen molar-refractivity contribution < 1.29 is 4.79 Å². The maximum atomic E-state index is 12.9. The number of nitrogens with one attached hydrogen (secondary N) is 1. The third-order valence-electron chi connectivity index (χ3n) is 5.76. The van der Waals surface area contributed by atoms with Crippen LogP contribution in [0.5, 0.6) is 0 Å². The fourth-order valence-electron chi connectivity index (χ4n) is 4.35. The number of carbonyl (C=O) groups excluding carboxylic acids is 1. The average Bonchev–Trinajstić information content (AvgIpc) is 3.07. The van der Waals surface area contributed by atoms with Gasteiger partial charge in [-0.25, -0.2) is 0 Å². The Morgan fingerprint density at radius 3 is 2.80 bits per heavy atom. The van der Waals surface area contributed by atoms with Gasteiger partial charge in [0.2, 0.25) is 5.91 Å². The van der Waals surface area contributed by atoms with E-state index in [0.29, 0.717) is 17.9 Å².